The molecule has 20 heavy (non-hydrogen) atoms. The number of carboxylic acids is 1. The third-order valence-corrected chi connectivity index (χ3v) is 5.63. The zero-order valence-corrected chi connectivity index (χ0v) is 13.6. The van der Waals surface area contributed by atoms with Gasteiger partial charge >= 0.3 is 5.97 Å². The molecule has 2 rings (SSSR count). The molecule has 0 unspecified atom stereocenters. The fourth-order valence-corrected chi connectivity index (χ4v) is 3.49. The summed E-state index contributed by atoms with van der Waals surface area (Å²) in [6, 6.07) is 2.71. The summed E-state index contributed by atoms with van der Waals surface area (Å²) >= 11 is 1.20. The predicted molar refractivity (Wildman–Crippen MR) is 80.8 cm³/mol. The van der Waals surface area contributed by atoms with Crippen LogP contribution in [-0.4, -0.2) is 30.3 Å². The summed E-state index contributed by atoms with van der Waals surface area (Å²) in [5, 5.41) is 10.9. The Morgan fingerprint density at radius 3 is 2.80 bits per heavy atom. The molecule has 1 N–H and O–H groups in total. The third kappa shape index (κ3) is 3.10. The highest BCUT2D eigenvalue weighted by Crippen LogP contribution is 2.29. The molecule has 0 aliphatic carbocycles. The van der Waals surface area contributed by atoms with E-state index in [0.717, 1.165) is 6.04 Å². The number of thiophene rings is 1. The Morgan fingerprint density at radius 2 is 2.20 bits per heavy atom. The lowest BCUT2D eigenvalue weighted by Gasteiger charge is -2.16. The van der Waals surface area contributed by atoms with Crippen molar-refractivity contribution in [2.24, 2.45) is 0 Å². The quantitative estimate of drug-likeness (QED) is 0.650. The molecule has 0 atom stereocenters. The van der Waals surface area contributed by atoms with E-state index < -0.39 is 19.9 Å². The summed E-state index contributed by atoms with van der Waals surface area (Å²) in [7, 11) is -1.19. The van der Waals surface area contributed by atoms with Gasteiger partial charge < -0.3 is 14.4 Å². The maximum atomic E-state index is 14.0. The molecule has 0 aliphatic heterocycles. The maximum absolute atomic E-state index is 14.0. The second-order valence-electron chi connectivity index (χ2n) is 5.88. The number of aromatic carboxylic acids is 1. The smallest absolute Gasteiger partial charge is 0.355 e. The van der Waals surface area contributed by atoms with Crippen LogP contribution in [0.15, 0.2) is 11.4 Å². The normalized spacial score (nSPS) is 12.2. The van der Waals surface area contributed by atoms with Crippen molar-refractivity contribution in [3.8, 4) is 0 Å². The Balaban J connectivity index is 2.18. The molecule has 2 heterocycles. The molecule has 0 spiro atoms. The number of carboxylic acid groups (broad SMARTS) is 1. The second-order valence-corrected chi connectivity index (χ2v) is 12.4. The molecule has 0 saturated heterocycles. The fourth-order valence-electron chi connectivity index (χ4n) is 1.90. The molecule has 0 bridgehead atoms. The van der Waals surface area contributed by atoms with Crippen molar-refractivity contribution in [3.05, 3.63) is 23.0 Å². The van der Waals surface area contributed by atoms with Crippen LogP contribution < -0.4 is 0 Å². The van der Waals surface area contributed by atoms with E-state index in [-0.39, 0.29) is 12.4 Å². The highest BCUT2D eigenvalue weighted by Gasteiger charge is 2.23. The number of fused-ring (bicyclic) bond motifs is 1. The minimum Gasteiger partial charge on any atom is -0.476 e. The molecular formula is C13H18FNO3SSi. The summed E-state index contributed by atoms with van der Waals surface area (Å²) < 4.78 is 21.3. The summed E-state index contributed by atoms with van der Waals surface area (Å²) in [5.74, 6) is -1.93. The minimum atomic E-state index is -1.26. The van der Waals surface area contributed by atoms with Crippen LogP contribution in [0.5, 0.6) is 0 Å². The highest BCUT2D eigenvalue weighted by atomic mass is 32.1. The van der Waals surface area contributed by atoms with E-state index in [9.17, 15) is 9.18 Å². The number of aromatic nitrogens is 1. The number of ether oxygens (including phenoxy) is 1. The molecule has 2 aromatic heterocycles. The molecule has 0 aliphatic rings. The lowest BCUT2D eigenvalue weighted by atomic mass is 10.4. The van der Waals surface area contributed by atoms with Gasteiger partial charge in [0, 0.05) is 14.7 Å². The van der Waals surface area contributed by atoms with Gasteiger partial charge in [-0.2, -0.15) is 0 Å². The van der Waals surface area contributed by atoms with Gasteiger partial charge in [0.2, 0.25) is 0 Å². The first kappa shape index (κ1) is 15.2. The molecule has 7 heteroatoms. The summed E-state index contributed by atoms with van der Waals surface area (Å²) in [5.41, 5.74) is 0.262. The number of carbonyl (C=O) groups is 1. The predicted octanol–water partition coefficient (Wildman–Crippen LogP) is 3.85. The van der Waals surface area contributed by atoms with Gasteiger partial charge in [-0.25, -0.2) is 9.18 Å². The van der Waals surface area contributed by atoms with Gasteiger partial charge in [0.15, 0.2) is 11.5 Å². The molecule has 4 nitrogen and oxygen atoms in total. The zero-order chi connectivity index (χ0) is 14.9. The van der Waals surface area contributed by atoms with Crippen molar-refractivity contribution >= 4 is 35.6 Å². The largest absolute Gasteiger partial charge is 0.476 e. The van der Waals surface area contributed by atoms with Gasteiger partial charge in [-0.3, -0.25) is 0 Å². The number of rotatable bonds is 6. The van der Waals surface area contributed by atoms with E-state index in [0.29, 0.717) is 16.8 Å². The Morgan fingerprint density at radius 1 is 1.50 bits per heavy atom. The van der Waals surface area contributed by atoms with E-state index in [1.807, 2.05) is 0 Å². The van der Waals surface area contributed by atoms with Crippen molar-refractivity contribution in [2.75, 3.05) is 6.61 Å². The van der Waals surface area contributed by atoms with E-state index in [4.69, 9.17) is 9.84 Å². The van der Waals surface area contributed by atoms with E-state index in [1.165, 1.54) is 15.9 Å². The Hall–Kier alpha value is -1.18. The SMILES string of the molecule is C[Si](C)(C)CCOCn1c(C(=O)O)c(F)c2sccc21. The van der Waals surface area contributed by atoms with Crippen LogP contribution in [0.1, 0.15) is 10.5 Å². The van der Waals surface area contributed by atoms with Gasteiger partial charge in [0.25, 0.3) is 0 Å². The van der Waals surface area contributed by atoms with Gasteiger partial charge in [-0.15, -0.1) is 11.3 Å². The fraction of sp³-hybridized carbons (Fsp3) is 0.462. The number of nitrogens with zero attached hydrogens (tertiary/aromatic N) is 1. The molecule has 0 radical (unpaired) electrons. The van der Waals surface area contributed by atoms with Crippen molar-refractivity contribution in [1.29, 1.82) is 0 Å². The summed E-state index contributed by atoms with van der Waals surface area (Å²) in [4.78, 5) is 11.2. The molecule has 0 aromatic carbocycles. The first-order valence-electron chi connectivity index (χ1n) is 6.37. The molecule has 2 aromatic rings. The Kier molecular flexibility index (Phi) is 4.31. The maximum Gasteiger partial charge on any atom is 0.355 e. The Labute approximate surface area is 121 Å². The van der Waals surface area contributed by atoms with Crippen LogP contribution in [0, 0.1) is 5.82 Å². The number of hydrogen-bond acceptors (Lipinski definition) is 3. The van der Waals surface area contributed by atoms with E-state index in [1.54, 1.807) is 11.4 Å². The minimum absolute atomic E-state index is 0.0727. The lowest BCUT2D eigenvalue weighted by Crippen LogP contribution is -2.22. The van der Waals surface area contributed by atoms with Crippen LogP contribution in [0.3, 0.4) is 0 Å². The lowest BCUT2D eigenvalue weighted by molar-refractivity contribution is 0.0622. The number of halogens is 1. The van der Waals surface area contributed by atoms with Crippen LogP contribution in [0.4, 0.5) is 4.39 Å². The van der Waals surface area contributed by atoms with Crippen LogP contribution in [-0.2, 0) is 11.5 Å². The van der Waals surface area contributed by atoms with Gasteiger partial charge in [-0.05, 0) is 17.5 Å². The van der Waals surface area contributed by atoms with Gasteiger partial charge in [0.1, 0.15) is 6.73 Å². The van der Waals surface area contributed by atoms with Gasteiger partial charge in [0.05, 0.1) is 10.2 Å². The molecule has 0 saturated carbocycles. The second kappa shape index (κ2) is 5.67. The molecule has 110 valence electrons. The standard InChI is InChI=1S/C13H18FNO3SSi/c1-20(2,3)7-5-18-8-15-9-4-6-19-12(9)10(14)11(15)13(16)17/h4,6H,5,7-8H2,1-3H3,(H,16,17). The first-order valence-corrected chi connectivity index (χ1v) is 11.0. The average Bonchev–Trinajstić information content (AvgIpc) is 2.86. The van der Waals surface area contributed by atoms with Crippen molar-refractivity contribution in [1.82, 2.24) is 4.57 Å². The van der Waals surface area contributed by atoms with Crippen LogP contribution in [0.2, 0.25) is 25.7 Å². The average molecular weight is 315 g/mol. The third-order valence-electron chi connectivity index (χ3n) is 3.03. The van der Waals surface area contributed by atoms with Gasteiger partial charge in [-0.1, -0.05) is 19.6 Å². The summed E-state index contributed by atoms with van der Waals surface area (Å²) in [6.45, 7) is 7.37. The zero-order valence-electron chi connectivity index (χ0n) is 11.8. The topological polar surface area (TPSA) is 51.5 Å². The molecular weight excluding hydrogens is 297 g/mol. The number of hydrogen-bond donors (Lipinski definition) is 1. The molecule has 0 fully saturated rings. The monoisotopic (exact) mass is 315 g/mol. The first-order chi connectivity index (χ1) is 9.31. The van der Waals surface area contributed by atoms with Crippen LogP contribution >= 0.6 is 11.3 Å². The Bertz CT molecular complexity index is 629. The van der Waals surface area contributed by atoms with Crippen molar-refractivity contribution < 1.29 is 19.0 Å². The highest BCUT2D eigenvalue weighted by molar-refractivity contribution is 7.17. The van der Waals surface area contributed by atoms with E-state index >= 15 is 0 Å². The van der Waals surface area contributed by atoms with E-state index in [2.05, 4.69) is 19.6 Å². The molecule has 0 amide bonds. The van der Waals surface area contributed by atoms with Crippen molar-refractivity contribution in [3.63, 3.8) is 0 Å². The van der Waals surface area contributed by atoms with Crippen molar-refractivity contribution in [2.45, 2.75) is 32.4 Å². The van der Waals surface area contributed by atoms with Crippen LogP contribution in [0.25, 0.3) is 10.2 Å². The summed E-state index contributed by atoms with van der Waals surface area (Å²) in [6.07, 6.45) is 0.